The van der Waals surface area contributed by atoms with Crippen molar-refractivity contribution in [1.82, 2.24) is 9.97 Å². The lowest BCUT2D eigenvalue weighted by Gasteiger charge is -2.06. The van der Waals surface area contributed by atoms with Gasteiger partial charge in [-0.2, -0.15) is 0 Å². The van der Waals surface area contributed by atoms with Gasteiger partial charge < -0.3 is 5.32 Å². The summed E-state index contributed by atoms with van der Waals surface area (Å²) in [4.78, 5) is 8.27. The summed E-state index contributed by atoms with van der Waals surface area (Å²) in [6.07, 6.45) is 0. The number of rotatable bonds is 2. The molecule has 2 aromatic rings. The average molecular weight is 282 g/mol. The molecule has 0 saturated carbocycles. The second-order valence-corrected chi connectivity index (χ2v) is 4.07. The average Bonchev–Trinajstić information content (AvgIpc) is 2.15. The molecule has 0 spiro atoms. The quantitative estimate of drug-likeness (QED) is 0.857. The van der Waals surface area contributed by atoms with E-state index in [0.717, 1.165) is 0 Å². The Morgan fingerprint density at radius 2 is 2.06 bits per heavy atom. The van der Waals surface area contributed by atoms with Crippen LogP contribution in [0.4, 0.5) is 15.9 Å². The minimum Gasteiger partial charge on any atom is -0.340 e. The van der Waals surface area contributed by atoms with Crippen LogP contribution in [0.2, 0.25) is 0 Å². The summed E-state index contributed by atoms with van der Waals surface area (Å²) in [5.74, 6) is 0.994. The molecular formula is C11H9BrFN3. The standard InChI is InChI=1S/C11H9BrFN3/c1-7-14-10(12)6-11(15-7)16-9-4-2-3-8(13)5-9/h2-6H,1H3,(H,14,15,16). The van der Waals surface area contributed by atoms with Gasteiger partial charge in [-0.15, -0.1) is 0 Å². The van der Waals surface area contributed by atoms with Gasteiger partial charge in [-0.05, 0) is 41.1 Å². The molecule has 0 atom stereocenters. The fourth-order valence-corrected chi connectivity index (χ4v) is 1.78. The van der Waals surface area contributed by atoms with Crippen molar-refractivity contribution in [2.45, 2.75) is 6.92 Å². The predicted octanol–water partition coefficient (Wildman–Crippen LogP) is 3.43. The Bertz CT molecular complexity index is 496. The Morgan fingerprint density at radius 3 is 2.75 bits per heavy atom. The third-order valence-electron chi connectivity index (χ3n) is 1.90. The first-order valence-corrected chi connectivity index (χ1v) is 5.46. The fraction of sp³-hybridized carbons (Fsp3) is 0.0909. The van der Waals surface area contributed by atoms with Crippen molar-refractivity contribution in [3.8, 4) is 0 Å². The molecule has 0 bridgehead atoms. The van der Waals surface area contributed by atoms with Crippen molar-refractivity contribution < 1.29 is 4.39 Å². The van der Waals surface area contributed by atoms with E-state index in [0.29, 0.717) is 21.9 Å². The van der Waals surface area contributed by atoms with Gasteiger partial charge in [-0.25, -0.2) is 14.4 Å². The molecule has 82 valence electrons. The molecule has 1 N–H and O–H groups in total. The molecule has 0 radical (unpaired) electrons. The number of hydrogen-bond donors (Lipinski definition) is 1. The summed E-state index contributed by atoms with van der Waals surface area (Å²) in [7, 11) is 0. The van der Waals surface area contributed by atoms with E-state index in [-0.39, 0.29) is 5.82 Å². The molecule has 16 heavy (non-hydrogen) atoms. The normalized spacial score (nSPS) is 10.2. The van der Waals surface area contributed by atoms with Gasteiger partial charge in [0.2, 0.25) is 0 Å². The van der Waals surface area contributed by atoms with Crippen LogP contribution in [-0.4, -0.2) is 9.97 Å². The molecule has 1 aromatic heterocycles. The van der Waals surface area contributed by atoms with Crippen LogP contribution in [0.15, 0.2) is 34.9 Å². The largest absolute Gasteiger partial charge is 0.340 e. The molecule has 0 aliphatic carbocycles. The number of nitrogens with zero attached hydrogens (tertiary/aromatic N) is 2. The smallest absolute Gasteiger partial charge is 0.135 e. The topological polar surface area (TPSA) is 37.8 Å². The Kier molecular flexibility index (Phi) is 3.14. The van der Waals surface area contributed by atoms with Gasteiger partial charge in [0.15, 0.2) is 0 Å². The third-order valence-corrected chi connectivity index (χ3v) is 2.31. The van der Waals surface area contributed by atoms with E-state index < -0.39 is 0 Å². The Hall–Kier alpha value is -1.49. The molecular weight excluding hydrogens is 273 g/mol. The highest BCUT2D eigenvalue weighted by molar-refractivity contribution is 9.10. The Balaban J connectivity index is 2.27. The molecule has 0 aliphatic heterocycles. The summed E-state index contributed by atoms with van der Waals surface area (Å²) in [6.45, 7) is 1.79. The molecule has 0 unspecified atom stereocenters. The van der Waals surface area contributed by atoms with Gasteiger partial charge in [0.1, 0.15) is 22.1 Å². The predicted molar refractivity (Wildman–Crippen MR) is 64.2 cm³/mol. The van der Waals surface area contributed by atoms with Crippen molar-refractivity contribution in [2.75, 3.05) is 5.32 Å². The van der Waals surface area contributed by atoms with Crippen LogP contribution in [0.25, 0.3) is 0 Å². The third kappa shape index (κ3) is 2.76. The van der Waals surface area contributed by atoms with E-state index >= 15 is 0 Å². The van der Waals surface area contributed by atoms with E-state index in [1.807, 2.05) is 0 Å². The molecule has 3 nitrogen and oxygen atoms in total. The summed E-state index contributed by atoms with van der Waals surface area (Å²) in [5, 5.41) is 3.01. The van der Waals surface area contributed by atoms with Crippen LogP contribution in [0.3, 0.4) is 0 Å². The lowest BCUT2D eigenvalue weighted by Crippen LogP contribution is -1.97. The van der Waals surface area contributed by atoms with Crippen LogP contribution >= 0.6 is 15.9 Å². The van der Waals surface area contributed by atoms with Crippen LogP contribution in [0, 0.1) is 12.7 Å². The van der Waals surface area contributed by atoms with Crippen LogP contribution in [0.1, 0.15) is 5.82 Å². The van der Waals surface area contributed by atoms with Gasteiger partial charge in [0.25, 0.3) is 0 Å². The fourth-order valence-electron chi connectivity index (χ4n) is 1.31. The number of hydrogen-bond acceptors (Lipinski definition) is 3. The molecule has 0 fully saturated rings. The van der Waals surface area contributed by atoms with Crippen molar-refractivity contribution in [2.24, 2.45) is 0 Å². The lowest BCUT2D eigenvalue weighted by molar-refractivity contribution is 0.628. The van der Waals surface area contributed by atoms with E-state index in [2.05, 4.69) is 31.2 Å². The number of nitrogens with one attached hydrogen (secondary N) is 1. The minimum absolute atomic E-state index is 0.283. The molecule has 1 aromatic carbocycles. The van der Waals surface area contributed by atoms with E-state index in [9.17, 15) is 4.39 Å². The van der Waals surface area contributed by atoms with Gasteiger partial charge in [-0.3, -0.25) is 0 Å². The minimum atomic E-state index is -0.283. The van der Waals surface area contributed by atoms with Crippen LogP contribution in [-0.2, 0) is 0 Å². The Morgan fingerprint density at radius 1 is 1.25 bits per heavy atom. The van der Waals surface area contributed by atoms with Crippen molar-refractivity contribution in [3.63, 3.8) is 0 Å². The zero-order valence-electron chi connectivity index (χ0n) is 8.54. The number of aryl methyl sites for hydroxylation is 1. The molecule has 1 heterocycles. The summed E-state index contributed by atoms with van der Waals surface area (Å²) in [6, 6.07) is 7.95. The van der Waals surface area contributed by atoms with Crippen molar-refractivity contribution in [3.05, 3.63) is 46.6 Å². The van der Waals surface area contributed by atoms with E-state index in [1.165, 1.54) is 12.1 Å². The van der Waals surface area contributed by atoms with E-state index in [4.69, 9.17) is 0 Å². The lowest BCUT2D eigenvalue weighted by atomic mass is 10.3. The van der Waals surface area contributed by atoms with Gasteiger partial charge in [0.05, 0.1) is 0 Å². The molecule has 0 amide bonds. The van der Waals surface area contributed by atoms with Gasteiger partial charge in [0, 0.05) is 11.8 Å². The first-order valence-electron chi connectivity index (χ1n) is 4.67. The number of aromatic nitrogens is 2. The molecule has 2 rings (SSSR count). The number of benzene rings is 1. The van der Waals surface area contributed by atoms with Crippen molar-refractivity contribution >= 4 is 27.4 Å². The van der Waals surface area contributed by atoms with E-state index in [1.54, 1.807) is 25.1 Å². The zero-order valence-corrected chi connectivity index (χ0v) is 10.1. The maximum Gasteiger partial charge on any atom is 0.135 e. The summed E-state index contributed by atoms with van der Waals surface area (Å²) in [5.41, 5.74) is 0.657. The maximum absolute atomic E-state index is 12.9. The zero-order chi connectivity index (χ0) is 11.5. The number of anilines is 2. The first-order chi connectivity index (χ1) is 7.63. The molecule has 0 saturated heterocycles. The van der Waals surface area contributed by atoms with Crippen molar-refractivity contribution in [1.29, 1.82) is 0 Å². The summed E-state index contributed by atoms with van der Waals surface area (Å²) < 4.78 is 13.6. The van der Waals surface area contributed by atoms with Crippen LogP contribution < -0.4 is 5.32 Å². The van der Waals surface area contributed by atoms with Gasteiger partial charge in [-0.1, -0.05) is 6.07 Å². The Labute approximate surface area is 101 Å². The SMILES string of the molecule is Cc1nc(Br)cc(Nc2cccc(F)c2)n1. The molecule has 0 aliphatic rings. The maximum atomic E-state index is 12.9. The monoisotopic (exact) mass is 281 g/mol. The number of halogens is 2. The van der Waals surface area contributed by atoms with Crippen LogP contribution in [0.5, 0.6) is 0 Å². The van der Waals surface area contributed by atoms with Gasteiger partial charge >= 0.3 is 0 Å². The second kappa shape index (κ2) is 4.57. The molecule has 5 heteroatoms. The highest BCUT2D eigenvalue weighted by atomic mass is 79.9. The first kappa shape index (κ1) is 11.0. The highest BCUT2D eigenvalue weighted by Gasteiger charge is 2.00. The summed E-state index contributed by atoms with van der Waals surface area (Å²) >= 11 is 3.28. The second-order valence-electron chi connectivity index (χ2n) is 3.26. The highest BCUT2D eigenvalue weighted by Crippen LogP contribution is 2.18.